The average Bonchev–Trinajstić information content (AvgIpc) is 3.41. The Bertz CT molecular complexity index is 1560. The lowest BCUT2D eigenvalue weighted by Gasteiger charge is -1.94. The highest BCUT2D eigenvalue weighted by Gasteiger charge is 2.17. The van der Waals surface area contributed by atoms with Crippen molar-refractivity contribution >= 4 is 95.1 Å². The Labute approximate surface area is 178 Å². The van der Waals surface area contributed by atoms with Gasteiger partial charge in [0.2, 0.25) is 0 Å². The third kappa shape index (κ3) is 2.24. The van der Waals surface area contributed by atoms with Crippen molar-refractivity contribution in [3.8, 4) is 23.7 Å². The summed E-state index contributed by atoms with van der Waals surface area (Å²) < 4.78 is 8.26. The molecule has 0 aliphatic rings. The van der Waals surface area contributed by atoms with E-state index >= 15 is 0 Å². The molecule has 0 bridgehead atoms. The predicted octanol–water partition coefficient (Wildman–Crippen LogP) is 8.44. The normalized spacial score (nSPS) is 11.4. The molecule has 0 saturated heterocycles. The highest BCUT2D eigenvalue weighted by molar-refractivity contribution is 7.38. The molecule has 0 radical (unpaired) electrons. The van der Waals surface area contributed by atoms with E-state index in [1.807, 2.05) is 36.5 Å². The number of rotatable bonds is 0. The first-order chi connectivity index (χ1) is 13.8. The van der Waals surface area contributed by atoms with E-state index < -0.39 is 0 Å². The van der Waals surface area contributed by atoms with E-state index in [9.17, 15) is 0 Å². The van der Waals surface area contributed by atoms with Crippen molar-refractivity contribution in [2.45, 2.75) is 13.8 Å². The summed E-state index contributed by atoms with van der Waals surface area (Å²) in [5.74, 6) is 12.5. The number of hydrogen-bond acceptors (Lipinski definition) is 4. The average molecular weight is 429 g/mol. The number of thiophene rings is 4. The standard InChI is InChI=1S/C24H12S4/c1-3-5-13-11-17-19(25-13)9-7-15-21(17)27-24-16-8-10-20-18(22(16)28-23(15)24)12-14(26-20)6-4-2/h7-12H,1-2H3. The van der Waals surface area contributed by atoms with E-state index in [1.165, 1.54) is 49.7 Å². The molecule has 0 atom stereocenters. The molecule has 0 unspecified atom stereocenters. The second-order valence-corrected chi connectivity index (χ2v) is 10.8. The van der Waals surface area contributed by atoms with Crippen LogP contribution in [0.1, 0.15) is 23.6 Å². The monoisotopic (exact) mass is 428 g/mol. The van der Waals surface area contributed by atoms with Crippen LogP contribution in [0.4, 0.5) is 0 Å². The molecule has 0 spiro atoms. The van der Waals surface area contributed by atoms with Crippen LogP contribution in [0, 0.1) is 23.7 Å². The third-order valence-electron chi connectivity index (χ3n) is 4.90. The molecule has 4 aromatic heterocycles. The lowest BCUT2D eigenvalue weighted by molar-refractivity contribution is 1.89. The van der Waals surface area contributed by atoms with Gasteiger partial charge < -0.3 is 0 Å². The van der Waals surface area contributed by atoms with Crippen molar-refractivity contribution in [2.24, 2.45) is 0 Å². The molecule has 6 rings (SSSR count). The molecule has 0 aliphatic carbocycles. The van der Waals surface area contributed by atoms with Gasteiger partial charge in [0.05, 0.1) is 19.2 Å². The van der Waals surface area contributed by atoms with Crippen molar-refractivity contribution in [1.29, 1.82) is 0 Å². The Kier molecular flexibility index (Phi) is 3.60. The summed E-state index contributed by atoms with van der Waals surface area (Å²) in [4.78, 5) is 2.30. The Morgan fingerprint density at radius 1 is 0.536 bits per heavy atom. The maximum absolute atomic E-state index is 3.22. The Balaban J connectivity index is 1.71. The molecule has 132 valence electrons. The van der Waals surface area contributed by atoms with Crippen molar-refractivity contribution in [2.75, 3.05) is 0 Å². The van der Waals surface area contributed by atoms with Gasteiger partial charge in [-0.25, -0.2) is 0 Å². The van der Waals surface area contributed by atoms with Crippen molar-refractivity contribution in [3.05, 3.63) is 46.2 Å². The molecule has 0 N–H and O–H groups in total. The molecule has 4 heterocycles. The first kappa shape index (κ1) is 16.6. The molecule has 0 aliphatic heterocycles. The quantitative estimate of drug-likeness (QED) is 0.213. The van der Waals surface area contributed by atoms with E-state index in [0.29, 0.717) is 0 Å². The first-order valence-corrected chi connectivity index (χ1v) is 12.1. The fourth-order valence-corrected chi connectivity index (χ4v) is 8.72. The van der Waals surface area contributed by atoms with Gasteiger partial charge in [0.25, 0.3) is 0 Å². The fourth-order valence-electron chi connectivity index (χ4n) is 3.77. The minimum Gasteiger partial charge on any atom is -0.133 e. The highest BCUT2D eigenvalue weighted by atomic mass is 32.1. The van der Waals surface area contributed by atoms with Gasteiger partial charge in [0, 0.05) is 40.3 Å². The summed E-state index contributed by atoms with van der Waals surface area (Å²) in [6.07, 6.45) is 0. The molecule has 28 heavy (non-hydrogen) atoms. The summed E-state index contributed by atoms with van der Waals surface area (Å²) in [6, 6.07) is 13.6. The zero-order valence-corrected chi connectivity index (χ0v) is 18.4. The second-order valence-electron chi connectivity index (χ2n) is 6.54. The van der Waals surface area contributed by atoms with Gasteiger partial charge in [-0.1, -0.05) is 24.0 Å². The Morgan fingerprint density at radius 2 is 1.00 bits per heavy atom. The number of fused-ring (bicyclic) bond motifs is 9. The predicted molar refractivity (Wildman–Crippen MR) is 131 cm³/mol. The van der Waals surface area contributed by atoms with Crippen LogP contribution in [0.2, 0.25) is 0 Å². The smallest absolute Gasteiger partial charge is 0.0781 e. The fraction of sp³-hybridized carbons (Fsp3) is 0.0833. The molecular weight excluding hydrogens is 417 g/mol. The van der Waals surface area contributed by atoms with Crippen LogP contribution < -0.4 is 0 Å². The summed E-state index contributed by atoms with van der Waals surface area (Å²) in [5.41, 5.74) is 0. The number of hydrogen-bond donors (Lipinski definition) is 0. The van der Waals surface area contributed by atoms with Crippen molar-refractivity contribution in [3.63, 3.8) is 0 Å². The first-order valence-electron chi connectivity index (χ1n) is 8.86. The Hall–Kier alpha value is -2.34. The van der Waals surface area contributed by atoms with Crippen LogP contribution in [0.25, 0.3) is 49.7 Å². The van der Waals surface area contributed by atoms with Gasteiger partial charge in [-0.15, -0.1) is 57.2 Å². The largest absolute Gasteiger partial charge is 0.133 e. The molecule has 6 aromatic rings. The molecule has 0 fully saturated rings. The van der Waals surface area contributed by atoms with E-state index in [-0.39, 0.29) is 0 Å². The highest BCUT2D eigenvalue weighted by Crippen LogP contribution is 2.49. The zero-order valence-electron chi connectivity index (χ0n) is 15.1. The van der Waals surface area contributed by atoms with E-state index in [2.05, 4.69) is 60.1 Å². The second kappa shape index (κ2) is 6.08. The van der Waals surface area contributed by atoms with E-state index in [0.717, 1.165) is 9.75 Å². The van der Waals surface area contributed by atoms with E-state index in [1.54, 1.807) is 22.7 Å². The van der Waals surface area contributed by atoms with Gasteiger partial charge in [0.1, 0.15) is 0 Å². The SMILES string of the molecule is CC#Cc1cc2c(ccc3c2sc2c4ccc5sc(C#CC)cc5c4sc32)s1. The summed E-state index contributed by atoms with van der Waals surface area (Å²) in [5, 5.41) is 5.44. The molecule has 4 heteroatoms. The molecule has 0 amide bonds. The maximum atomic E-state index is 3.22. The lowest BCUT2D eigenvalue weighted by atomic mass is 10.1. The Morgan fingerprint density at radius 3 is 1.43 bits per heavy atom. The van der Waals surface area contributed by atoms with Crippen LogP contribution in [-0.2, 0) is 0 Å². The molecule has 0 saturated carbocycles. The maximum Gasteiger partial charge on any atom is 0.0781 e. The van der Waals surface area contributed by atoms with Gasteiger partial charge in [-0.3, -0.25) is 0 Å². The van der Waals surface area contributed by atoms with Crippen LogP contribution in [0.15, 0.2) is 36.4 Å². The van der Waals surface area contributed by atoms with Gasteiger partial charge >= 0.3 is 0 Å². The zero-order chi connectivity index (χ0) is 18.8. The van der Waals surface area contributed by atoms with Crippen LogP contribution in [0.5, 0.6) is 0 Å². The molecular formula is C24H12S4. The van der Waals surface area contributed by atoms with Gasteiger partial charge in [-0.05, 0) is 38.1 Å². The van der Waals surface area contributed by atoms with Crippen molar-refractivity contribution < 1.29 is 0 Å². The number of benzene rings is 2. The topological polar surface area (TPSA) is 0 Å². The van der Waals surface area contributed by atoms with Gasteiger partial charge in [-0.2, -0.15) is 0 Å². The van der Waals surface area contributed by atoms with E-state index in [4.69, 9.17) is 0 Å². The van der Waals surface area contributed by atoms with Crippen LogP contribution in [-0.4, -0.2) is 0 Å². The van der Waals surface area contributed by atoms with Gasteiger partial charge in [0.15, 0.2) is 0 Å². The van der Waals surface area contributed by atoms with Crippen LogP contribution in [0.3, 0.4) is 0 Å². The van der Waals surface area contributed by atoms with Crippen molar-refractivity contribution in [1.82, 2.24) is 0 Å². The summed E-state index contributed by atoms with van der Waals surface area (Å²) >= 11 is 7.43. The summed E-state index contributed by atoms with van der Waals surface area (Å²) in [6.45, 7) is 3.80. The molecule has 2 aromatic carbocycles. The summed E-state index contributed by atoms with van der Waals surface area (Å²) in [7, 11) is 0. The minimum absolute atomic E-state index is 1.15. The lowest BCUT2D eigenvalue weighted by Crippen LogP contribution is -1.65. The van der Waals surface area contributed by atoms with Crippen LogP contribution >= 0.6 is 45.3 Å². The molecule has 0 nitrogen and oxygen atoms in total. The third-order valence-corrected chi connectivity index (χ3v) is 9.61. The minimum atomic E-state index is 1.15.